The number of aromatic hydroxyl groups is 1. The molecule has 3 rings (SSSR count). The second kappa shape index (κ2) is 9.87. The van der Waals surface area contributed by atoms with Gasteiger partial charge in [-0.05, 0) is 54.1 Å². The van der Waals surface area contributed by atoms with Gasteiger partial charge in [-0.2, -0.15) is 5.10 Å². The third-order valence-electron chi connectivity index (χ3n) is 4.27. The molecule has 0 saturated heterocycles. The molecule has 12 nitrogen and oxygen atoms in total. The number of hydrogen-bond acceptors (Lipinski definition) is 9. The SMILES string of the molecule is COc1cc(/C=N\NC(=O)c2ccc(O)cc2)ccc1Oc1ccc([N+](=O)[O-])cc1[N+](=O)[O-]. The lowest BCUT2D eigenvalue weighted by molar-refractivity contribution is -0.394. The molecular weight excluding hydrogens is 436 g/mol. The maximum absolute atomic E-state index is 12.0. The van der Waals surface area contributed by atoms with E-state index in [-0.39, 0.29) is 23.0 Å². The maximum Gasteiger partial charge on any atom is 0.318 e. The Labute approximate surface area is 186 Å². The van der Waals surface area contributed by atoms with Gasteiger partial charge in [-0.15, -0.1) is 0 Å². The van der Waals surface area contributed by atoms with E-state index in [1.807, 2.05) is 0 Å². The molecule has 0 fully saturated rings. The van der Waals surface area contributed by atoms with E-state index >= 15 is 0 Å². The van der Waals surface area contributed by atoms with Gasteiger partial charge in [0.25, 0.3) is 11.6 Å². The average molecular weight is 452 g/mol. The van der Waals surface area contributed by atoms with Crippen LogP contribution in [0.25, 0.3) is 0 Å². The summed E-state index contributed by atoms with van der Waals surface area (Å²) in [7, 11) is 1.36. The first-order chi connectivity index (χ1) is 15.8. The molecule has 3 aromatic rings. The highest BCUT2D eigenvalue weighted by Crippen LogP contribution is 2.38. The molecule has 0 atom stereocenters. The molecule has 2 N–H and O–H groups in total. The Morgan fingerprint density at radius 1 is 0.970 bits per heavy atom. The highest BCUT2D eigenvalue weighted by Gasteiger charge is 2.22. The molecule has 0 aromatic heterocycles. The second-order valence-corrected chi connectivity index (χ2v) is 6.42. The van der Waals surface area contributed by atoms with Gasteiger partial charge in [0.15, 0.2) is 11.5 Å². The molecule has 0 radical (unpaired) electrons. The fraction of sp³-hybridized carbons (Fsp3) is 0.0476. The molecule has 0 aliphatic heterocycles. The number of nitro benzene ring substituents is 2. The van der Waals surface area contributed by atoms with E-state index in [1.165, 1.54) is 49.7 Å². The van der Waals surface area contributed by atoms with E-state index in [0.717, 1.165) is 18.2 Å². The van der Waals surface area contributed by atoms with Crippen LogP contribution in [0.5, 0.6) is 23.0 Å². The number of non-ortho nitro benzene ring substituents is 1. The summed E-state index contributed by atoms with van der Waals surface area (Å²) in [4.78, 5) is 32.7. The molecule has 0 unspecified atom stereocenters. The van der Waals surface area contributed by atoms with Crippen molar-refractivity contribution < 1.29 is 29.2 Å². The number of phenols is 1. The number of nitrogens with zero attached hydrogens (tertiary/aromatic N) is 3. The van der Waals surface area contributed by atoms with Crippen molar-refractivity contribution in [3.8, 4) is 23.0 Å². The van der Waals surface area contributed by atoms with Crippen molar-refractivity contribution in [2.45, 2.75) is 0 Å². The predicted molar refractivity (Wildman–Crippen MR) is 116 cm³/mol. The molecule has 0 bridgehead atoms. The molecule has 12 heteroatoms. The highest BCUT2D eigenvalue weighted by molar-refractivity contribution is 5.95. The molecule has 33 heavy (non-hydrogen) atoms. The summed E-state index contributed by atoms with van der Waals surface area (Å²) < 4.78 is 10.8. The molecular formula is C21H16N4O8. The van der Waals surface area contributed by atoms with Gasteiger partial charge in [0.05, 0.1) is 29.2 Å². The number of nitro groups is 2. The van der Waals surface area contributed by atoms with Crippen molar-refractivity contribution >= 4 is 23.5 Å². The Balaban J connectivity index is 1.77. The molecule has 0 saturated carbocycles. The Kier molecular flexibility index (Phi) is 6.78. The lowest BCUT2D eigenvalue weighted by Crippen LogP contribution is -2.17. The molecule has 168 valence electrons. The number of methoxy groups -OCH3 is 1. The number of carbonyl (C=O) groups excluding carboxylic acids is 1. The third kappa shape index (κ3) is 5.58. The number of benzene rings is 3. The van der Waals surface area contributed by atoms with Crippen LogP contribution in [0.15, 0.2) is 65.8 Å². The smallest absolute Gasteiger partial charge is 0.318 e. The summed E-state index contributed by atoms with van der Waals surface area (Å²) >= 11 is 0. The van der Waals surface area contributed by atoms with Gasteiger partial charge in [-0.25, -0.2) is 5.43 Å². The van der Waals surface area contributed by atoms with Crippen LogP contribution in [0.4, 0.5) is 11.4 Å². The fourth-order valence-corrected chi connectivity index (χ4v) is 2.66. The molecule has 3 aromatic carbocycles. The van der Waals surface area contributed by atoms with Crippen molar-refractivity contribution in [1.82, 2.24) is 5.43 Å². The number of hydrazone groups is 1. The second-order valence-electron chi connectivity index (χ2n) is 6.42. The Morgan fingerprint density at radius 3 is 2.30 bits per heavy atom. The zero-order valence-corrected chi connectivity index (χ0v) is 17.0. The van der Waals surface area contributed by atoms with Gasteiger partial charge in [0, 0.05) is 11.6 Å². The van der Waals surface area contributed by atoms with Crippen LogP contribution in [-0.4, -0.2) is 34.2 Å². The summed E-state index contributed by atoms with van der Waals surface area (Å²) in [5.41, 5.74) is 2.14. The van der Waals surface area contributed by atoms with Gasteiger partial charge >= 0.3 is 5.69 Å². The van der Waals surface area contributed by atoms with E-state index in [2.05, 4.69) is 10.5 Å². The summed E-state index contributed by atoms with van der Waals surface area (Å²) in [6.45, 7) is 0. The molecule has 0 spiro atoms. The minimum absolute atomic E-state index is 0.0310. The van der Waals surface area contributed by atoms with E-state index in [0.29, 0.717) is 11.1 Å². The average Bonchev–Trinajstić information content (AvgIpc) is 2.80. The molecule has 0 aliphatic carbocycles. The van der Waals surface area contributed by atoms with Gasteiger partial charge in [-0.1, -0.05) is 0 Å². The van der Waals surface area contributed by atoms with E-state index in [9.17, 15) is 30.1 Å². The standard InChI is InChI=1S/C21H16N4O8/c1-32-20-10-13(12-22-23-21(27)14-3-6-16(26)7-4-14)2-8-19(20)33-18-9-5-15(24(28)29)11-17(18)25(30)31/h2-12,26H,1H3,(H,23,27)/b22-12-. The van der Waals surface area contributed by atoms with Crippen LogP contribution in [-0.2, 0) is 0 Å². The molecule has 1 amide bonds. The summed E-state index contributed by atoms with van der Waals surface area (Å²) in [6, 6.07) is 13.2. The summed E-state index contributed by atoms with van der Waals surface area (Å²) in [5.74, 6) is -0.324. The first-order valence-corrected chi connectivity index (χ1v) is 9.19. The molecule has 0 aliphatic rings. The van der Waals surface area contributed by atoms with Gasteiger partial charge < -0.3 is 14.6 Å². The number of carbonyl (C=O) groups is 1. The Hall–Kier alpha value is -5.00. The minimum Gasteiger partial charge on any atom is -0.508 e. The number of amides is 1. The third-order valence-corrected chi connectivity index (χ3v) is 4.27. The summed E-state index contributed by atoms with van der Waals surface area (Å²) in [5, 5.41) is 35.3. The number of rotatable bonds is 8. The normalized spacial score (nSPS) is 10.6. The monoisotopic (exact) mass is 452 g/mol. The predicted octanol–water partition coefficient (Wildman–Crippen LogP) is 3.77. The van der Waals surface area contributed by atoms with Crippen LogP contribution in [0.2, 0.25) is 0 Å². The first-order valence-electron chi connectivity index (χ1n) is 9.19. The van der Waals surface area contributed by atoms with Crippen molar-refractivity contribution in [3.63, 3.8) is 0 Å². The van der Waals surface area contributed by atoms with Crippen LogP contribution in [0.3, 0.4) is 0 Å². The van der Waals surface area contributed by atoms with Crippen LogP contribution < -0.4 is 14.9 Å². The van der Waals surface area contributed by atoms with Crippen molar-refractivity contribution in [1.29, 1.82) is 0 Å². The van der Waals surface area contributed by atoms with Gasteiger partial charge in [-0.3, -0.25) is 25.0 Å². The Bertz CT molecular complexity index is 1240. The zero-order chi connectivity index (χ0) is 24.0. The minimum atomic E-state index is -0.785. The largest absolute Gasteiger partial charge is 0.508 e. The summed E-state index contributed by atoms with van der Waals surface area (Å²) in [6.07, 6.45) is 1.35. The number of phenolic OH excluding ortho intramolecular Hbond substituents is 1. The van der Waals surface area contributed by atoms with E-state index in [1.54, 1.807) is 6.07 Å². The van der Waals surface area contributed by atoms with Crippen molar-refractivity contribution in [3.05, 3.63) is 92.0 Å². The van der Waals surface area contributed by atoms with Gasteiger partial charge in [0.1, 0.15) is 5.75 Å². The fourth-order valence-electron chi connectivity index (χ4n) is 2.66. The van der Waals surface area contributed by atoms with E-state index in [4.69, 9.17) is 9.47 Å². The number of ether oxygens (including phenoxy) is 2. The van der Waals surface area contributed by atoms with Crippen LogP contribution >= 0.6 is 0 Å². The quantitative estimate of drug-likeness (QED) is 0.296. The topological polar surface area (TPSA) is 166 Å². The number of hydrogen-bond donors (Lipinski definition) is 2. The molecule has 0 heterocycles. The maximum atomic E-state index is 12.0. The van der Waals surface area contributed by atoms with Crippen molar-refractivity contribution in [2.75, 3.05) is 7.11 Å². The Morgan fingerprint density at radius 2 is 1.67 bits per heavy atom. The highest BCUT2D eigenvalue weighted by atomic mass is 16.6. The van der Waals surface area contributed by atoms with E-state index < -0.39 is 27.1 Å². The van der Waals surface area contributed by atoms with Gasteiger partial charge in [0.2, 0.25) is 5.75 Å². The van der Waals surface area contributed by atoms with Crippen LogP contribution in [0.1, 0.15) is 15.9 Å². The van der Waals surface area contributed by atoms with Crippen molar-refractivity contribution in [2.24, 2.45) is 5.10 Å². The van der Waals surface area contributed by atoms with Crippen LogP contribution in [0, 0.1) is 20.2 Å². The lowest BCUT2D eigenvalue weighted by atomic mass is 10.2. The first kappa shape index (κ1) is 22.7. The number of nitrogens with one attached hydrogen (secondary N) is 1. The lowest BCUT2D eigenvalue weighted by Gasteiger charge is -2.11. The zero-order valence-electron chi connectivity index (χ0n) is 17.0.